The Balaban J connectivity index is 2.24. The normalized spacial score (nSPS) is 27.3. The van der Waals surface area contributed by atoms with Crippen molar-refractivity contribution in [2.75, 3.05) is 13.2 Å². The number of aromatic nitrogens is 2. The summed E-state index contributed by atoms with van der Waals surface area (Å²) in [5.74, 6) is 0. The molecule has 0 bridgehead atoms. The molecule has 2 unspecified atom stereocenters. The Kier molecular flexibility index (Phi) is 8.03. The molecule has 5 atom stereocenters. The molecular formula is C10H16N5O14P3. The van der Waals surface area contributed by atoms with E-state index in [1.54, 1.807) is 0 Å². The molecule has 1 saturated heterocycles. The van der Waals surface area contributed by atoms with E-state index in [9.17, 15) is 38.2 Å². The molecule has 180 valence electrons. The molecule has 1 aliphatic rings. The minimum atomic E-state index is -5.79. The fourth-order valence-corrected chi connectivity index (χ4v) is 5.67. The largest absolute Gasteiger partial charge is 0.490 e. The minimum absolute atomic E-state index is 0.355. The lowest BCUT2D eigenvalue weighted by atomic mass is 9.98. The maximum absolute atomic E-state index is 11.9. The molecule has 0 aromatic carbocycles. The first-order chi connectivity index (χ1) is 14.6. The van der Waals surface area contributed by atoms with Crippen LogP contribution in [0.2, 0.25) is 0 Å². The lowest BCUT2D eigenvalue weighted by Crippen LogP contribution is -2.46. The van der Waals surface area contributed by atoms with E-state index < -0.39 is 65.8 Å². The van der Waals surface area contributed by atoms with Gasteiger partial charge in [0, 0.05) is 23.6 Å². The molecule has 0 aliphatic carbocycles. The van der Waals surface area contributed by atoms with Crippen molar-refractivity contribution in [3.63, 3.8) is 0 Å². The maximum atomic E-state index is 11.9. The van der Waals surface area contributed by atoms with Crippen LogP contribution >= 0.6 is 23.5 Å². The summed E-state index contributed by atoms with van der Waals surface area (Å²) in [5, 5.41) is 13.6. The highest BCUT2D eigenvalue weighted by molar-refractivity contribution is 7.66. The number of azide groups is 1. The zero-order valence-electron chi connectivity index (χ0n) is 15.5. The number of H-pyrrole nitrogens is 1. The van der Waals surface area contributed by atoms with Crippen molar-refractivity contribution in [2.45, 2.75) is 24.4 Å². The summed E-state index contributed by atoms with van der Waals surface area (Å²) >= 11 is 0. The molecule has 0 radical (unpaired) electrons. The van der Waals surface area contributed by atoms with E-state index in [0.717, 1.165) is 16.8 Å². The quantitative estimate of drug-likeness (QED) is 0.0948. The van der Waals surface area contributed by atoms with Gasteiger partial charge in [0.2, 0.25) is 0 Å². The van der Waals surface area contributed by atoms with Gasteiger partial charge in [0.1, 0.15) is 11.8 Å². The van der Waals surface area contributed by atoms with Crippen LogP contribution in [0.5, 0.6) is 0 Å². The van der Waals surface area contributed by atoms with E-state index in [0.29, 0.717) is 0 Å². The van der Waals surface area contributed by atoms with E-state index in [-0.39, 0.29) is 6.42 Å². The van der Waals surface area contributed by atoms with Crippen LogP contribution in [0.25, 0.3) is 10.4 Å². The van der Waals surface area contributed by atoms with E-state index >= 15 is 0 Å². The SMILES string of the molecule is [N-]=[N+]=NC[C@]1(COP(=O)(O)OP(=O)(O)OP(=O)(O)O)O[C@@H](n2ccc(=O)[nH]c2=O)C[C@@H]1O. The van der Waals surface area contributed by atoms with Crippen molar-refractivity contribution in [3.05, 3.63) is 43.5 Å². The number of rotatable bonds is 10. The fraction of sp³-hybridized carbons (Fsp3) is 0.600. The zero-order valence-corrected chi connectivity index (χ0v) is 18.2. The molecule has 22 heteroatoms. The van der Waals surface area contributed by atoms with Crippen LogP contribution in [0.15, 0.2) is 27.0 Å². The highest BCUT2D eigenvalue weighted by Gasteiger charge is 2.51. The van der Waals surface area contributed by atoms with Gasteiger partial charge in [-0.2, -0.15) is 8.62 Å². The average Bonchev–Trinajstić information content (AvgIpc) is 2.92. The van der Waals surface area contributed by atoms with Gasteiger partial charge < -0.3 is 29.4 Å². The predicted octanol–water partition coefficient (Wildman–Crippen LogP) is -0.791. The summed E-state index contributed by atoms with van der Waals surface area (Å²) in [6.45, 7) is -1.86. The average molecular weight is 523 g/mol. The first-order valence-corrected chi connectivity index (χ1v) is 12.6. The van der Waals surface area contributed by atoms with Gasteiger partial charge >= 0.3 is 29.2 Å². The van der Waals surface area contributed by atoms with Crippen LogP contribution in [-0.2, 0) is 31.6 Å². The van der Waals surface area contributed by atoms with Crippen LogP contribution < -0.4 is 11.2 Å². The second-order valence-electron chi connectivity index (χ2n) is 6.16. The fourth-order valence-electron chi connectivity index (χ4n) is 2.59. The van der Waals surface area contributed by atoms with Crippen molar-refractivity contribution in [2.24, 2.45) is 5.11 Å². The Bertz CT molecular complexity index is 1150. The summed E-state index contributed by atoms with van der Waals surface area (Å²) in [5.41, 5.74) is 4.83. The van der Waals surface area contributed by atoms with Crippen molar-refractivity contribution in [3.8, 4) is 0 Å². The van der Waals surface area contributed by atoms with Gasteiger partial charge in [-0.15, -0.1) is 0 Å². The lowest BCUT2D eigenvalue weighted by Gasteiger charge is -2.30. The molecule has 0 spiro atoms. The Morgan fingerprint density at radius 1 is 1.25 bits per heavy atom. The van der Waals surface area contributed by atoms with E-state index in [1.807, 2.05) is 4.98 Å². The summed E-state index contributed by atoms with van der Waals surface area (Å²) < 4.78 is 52.0. The van der Waals surface area contributed by atoms with Gasteiger partial charge in [-0.1, -0.05) is 5.11 Å². The zero-order chi connectivity index (χ0) is 24.4. The predicted molar refractivity (Wildman–Crippen MR) is 98.6 cm³/mol. The molecule has 1 fully saturated rings. The number of hydrogen-bond donors (Lipinski definition) is 6. The van der Waals surface area contributed by atoms with Gasteiger partial charge in [-0.3, -0.25) is 18.9 Å². The van der Waals surface area contributed by atoms with Crippen molar-refractivity contribution in [1.29, 1.82) is 0 Å². The second-order valence-corrected chi connectivity index (χ2v) is 10.6. The number of aromatic amines is 1. The Morgan fingerprint density at radius 2 is 1.91 bits per heavy atom. The summed E-state index contributed by atoms with van der Waals surface area (Å²) in [6.07, 6.45) is -2.20. The molecule has 19 nitrogen and oxygen atoms in total. The van der Waals surface area contributed by atoms with E-state index in [2.05, 4.69) is 23.2 Å². The van der Waals surface area contributed by atoms with Crippen LogP contribution in [0.1, 0.15) is 12.6 Å². The van der Waals surface area contributed by atoms with E-state index in [1.165, 1.54) is 0 Å². The van der Waals surface area contributed by atoms with Gasteiger partial charge in [0.05, 0.1) is 19.3 Å². The number of nitrogens with zero attached hydrogens (tertiary/aromatic N) is 4. The third kappa shape index (κ3) is 7.16. The van der Waals surface area contributed by atoms with Crippen LogP contribution in [0.4, 0.5) is 0 Å². The van der Waals surface area contributed by atoms with Crippen molar-refractivity contribution in [1.82, 2.24) is 9.55 Å². The number of ether oxygens (including phenoxy) is 1. The van der Waals surface area contributed by atoms with Gasteiger partial charge in [-0.05, 0) is 5.53 Å². The molecule has 0 amide bonds. The molecule has 32 heavy (non-hydrogen) atoms. The number of phosphoric acid groups is 3. The Morgan fingerprint density at radius 3 is 2.47 bits per heavy atom. The first kappa shape index (κ1) is 26.6. The van der Waals surface area contributed by atoms with Crippen LogP contribution in [-0.4, -0.2) is 59.1 Å². The summed E-state index contributed by atoms with van der Waals surface area (Å²) in [4.78, 5) is 63.3. The van der Waals surface area contributed by atoms with Gasteiger partial charge in [0.15, 0.2) is 0 Å². The Labute approximate surface area is 176 Å². The lowest BCUT2D eigenvalue weighted by molar-refractivity contribution is -0.120. The maximum Gasteiger partial charge on any atom is 0.490 e. The molecule has 1 aliphatic heterocycles. The molecule has 0 saturated carbocycles. The van der Waals surface area contributed by atoms with E-state index in [4.69, 9.17) is 20.1 Å². The monoisotopic (exact) mass is 523 g/mol. The summed E-state index contributed by atoms with van der Waals surface area (Å²) in [7, 11) is -17.0. The Hall–Kier alpha value is -1.68. The van der Waals surface area contributed by atoms with Crippen molar-refractivity contribution < 1.29 is 56.3 Å². The molecule has 2 heterocycles. The molecule has 1 aromatic heterocycles. The molecular weight excluding hydrogens is 507 g/mol. The standard InChI is InChI=1S/C10H16N5O14P3/c11-14-12-4-10(5-26-31(22,23)29-32(24,25)28-30(19,20)21)6(16)3-8(27-10)15-2-1-7(17)13-9(15)18/h1-2,6,8,16H,3-5H2,(H,22,23)(H,24,25)(H,13,17,18)(H2,19,20,21)/t6-,8+,10+/m0/s1. The number of aliphatic hydroxyl groups excluding tert-OH is 1. The number of hydrogen-bond acceptors (Lipinski definition) is 11. The number of aliphatic hydroxyl groups is 1. The number of phosphoric ester groups is 1. The van der Waals surface area contributed by atoms with Crippen LogP contribution in [0.3, 0.4) is 0 Å². The first-order valence-electron chi connectivity index (χ1n) is 8.05. The smallest absolute Gasteiger partial charge is 0.390 e. The van der Waals surface area contributed by atoms with Gasteiger partial charge in [0.25, 0.3) is 5.56 Å². The highest BCUT2D eigenvalue weighted by atomic mass is 31.3. The molecule has 2 rings (SSSR count). The second kappa shape index (κ2) is 9.67. The number of nitrogens with one attached hydrogen (secondary N) is 1. The van der Waals surface area contributed by atoms with Crippen LogP contribution in [0, 0.1) is 0 Å². The molecule has 6 N–H and O–H groups in total. The summed E-state index contributed by atoms with van der Waals surface area (Å²) in [6, 6.07) is 0.969. The van der Waals surface area contributed by atoms with Crippen molar-refractivity contribution >= 4 is 23.5 Å². The molecule has 1 aromatic rings. The highest BCUT2D eigenvalue weighted by Crippen LogP contribution is 2.66. The topological polar surface area (TPSA) is 293 Å². The minimum Gasteiger partial charge on any atom is -0.390 e. The van der Waals surface area contributed by atoms with Gasteiger partial charge in [-0.25, -0.2) is 18.5 Å². The third-order valence-electron chi connectivity index (χ3n) is 3.85. The third-order valence-corrected chi connectivity index (χ3v) is 7.64.